The molecule has 0 saturated heterocycles. The summed E-state index contributed by atoms with van der Waals surface area (Å²) in [6, 6.07) is 11.7. The number of ether oxygens (including phenoxy) is 1. The lowest BCUT2D eigenvalue weighted by Gasteiger charge is -2.09. The summed E-state index contributed by atoms with van der Waals surface area (Å²) in [6.45, 7) is 2.79. The van der Waals surface area contributed by atoms with Crippen molar-refractivity contribution in [1.29, 1.82) is 5.26 Å². The molecule has 1 aromatic carbocycles. The first-order valence-electron chi connectivity index (χ1n) is 7.01. The average Bonchev–Trinajstić information content (AvgIpc) is 2.87. The molecule has 0 amide bonds. The van der Waals surface area contributed by atoms with E-state index in [9.17, 15) is 5.26 Å². The van der Waals surface area contributed by atoms with Crippen molar-refractivity contribution in [3.05, 3.63) is 42.1 Å². The summed E-state index contributed by atoms with van der Waals surface area (Å²) < 4.78 is 7.40. The Bertz CT molecular complexity index is 872. The van der Waals surface area contributed by atoms with Gasteiger partial charge in [-0.15, -0.1) is 0 Å². The first kappa shape index (κ1) is 14.0. The maximum absolute atomic E-state index is 9.63. The molecule has 5 heteroatoms. The van der Waals surface area contributed by atoms with Crippen molar-refractivity contribution in [1.82, 2.24) is 9.55 Å². The van der Waals surface area contributed by atoms with E-state index in [1.807, 2.05) is 31.2 Å². The van der Waals surface area contributed by atoms with Gasteiger partial charge in [-0.05, 0) is 31.2 Å². The van der Waals surface area contributed by atoms with Gasteiger partial charge in [0.2, 0.25) is 0 Å². The van der Waals surface area contributed by atoms with Crippen LogP contribution < -0.4 is 10.5 Å². The Morgan fingerprint density at radius 3 is 2.73 bits per heavy atom. The van der Waals surface area contributed by atoms with Gasteiger partial charge >= 0.3 is 0 Å². The molecule has 0 atom stereocenters. The fourth-order valence-corrected chi connectivity index (χ4v) is 2.74. The van der Waals surface area contributed by atoms with Crippen LogP contribution in [0, 0.1) is 11.3 Å². The number of nitrogens with two attached hydrogens (primary N) is 1. The largest absolute Gasteiger partial charge is 0.497 e. The molecular formula is C17H16N4O. The molecule has 0 aliphatic carbocycles. The highest BCUT2D eigenvalue weighted by Crippen LogP contribution is 2.35. The maximum atomic E-state index is 9.63. The van der Waals surface area contributed by atoms with Gasteiger partial charge in [-0.1, -0.05) is 0 Å². The third-order valence-electron chi connectivity index (χ3n) is 3.76. The molecule has 3 rings (SSSR count). The van der Waals surface area contributed by atoms with Gasteiger partial charge in [0.05, 0.1) is 23.9 Å². The molecule has 0 fully saturated rings. The molecule has 0 aliphatic rings. The van der Waals surface area contributed by atoms with Gasteiger partial charge in [-0.25, -0.2) is 4.98 Å². The number of methoxy groups -OCH3 is 1. The third kappa shape index (κ3) is 2.06. The molecule has 3 aromatic rings. The third-order valence-corrected chi connectivity index (χ3v) is 3.76. The minimum Gasteiger partial charge on any atom is -0.497 e. The molecule has 5 nitrogen and oxygen atoms in total. The number of rotatable bonds is 3. The van der Waals surface area contributed by atoms with E-state index in [4.69, 9.17) is 10.5 Å². The quantitative estimate of drug-likeness (QED) is 0.804. The highest BCUT2D eigenvalue weighted by Gasteiger charge is 2.18. The van der Waals surface area contributed by atoms with Crippen molar-refractivity contribution in [3.63, 3.8) is 0 Å². The van der Waals surface area contributed by atoms with Crippen LogP contribution in [0.25, 0.3) is 22.2 Å². The van der Waals surface area contributed by atoms with Crippen molar-refractivity contribution in [2.24, 2.45) is 0 Å². The van der Waals surface area contributed by atoms with Crippen LogP contribution in [0.2, 0.25) is 0 Å². The van der Waals surface area contributed by atoms with Crippen molar-refractivity contribution >= 4 is 16.7 Å². The zero-order valence-electron chi connectivity index (χ0n) is 12.5. The van der Waals surface area contributed by atoms with Gasteiger partial charge in [0, 0.05) is 29.8 Å². The van der Waals surface area contributed by atoms with E-state index in [1.54, 1.807) is 19.4 Å². The van der Waals surface area contributed by atoms with Crippen LogP contribution >= 0.6 is 0 Å². The van der Waals surface area contributed by atoms with Gasteiger partial charge < -0.3 is 15.0 Å². The summed E-state index contributed by atoms with van der Waals surface area (Å²) >= 11 is 0. The molecule has 0 saturated carbocycles. The lowest BCUT2D eigenvalue weighted by Crippen LogP contribution is -1.99. The number of fused-ring (bicyclic) bond motifs is 1. The summed E-state index contributed by atoms with van der Waals surface area (Å²) in [5, 5.41) is 10.5. The van der Waals surface area contributed by atoms with E-state index in [-0.39, 0.29) is 0 Å². The zero-order chi connectivity index (χ0) is 15.7. The van der Waals surface area contributed by atoms with E-state index in [0.29, 0.717) is 11.4 Å². The summed E-state index contributed by atoms with van der Waals surface area (Å²) in [4.78, 5) is 4.14. The minimum atomic E-state index is 0.461. The van der Waals surface area contributed by atoms with Crippen molar-refractivity contribution < 1.29 is 4.74 Å². The number of nitriles is 1. The highest BCUT2D eigenvalue weighted by atomic mass is 16.5. The summed E-state index contributed by atoms with van der Waals surface area (Å²) in [7, 11) is 1.64. The van der Waals surface area contributed by atoms with E-state index < -0.39 is 0 Å². The molecule has 2 N–H and O–H groups in total. The van der Waals surface area contributed by atoms with Crippen LogP contribution in [-0.4, -0.2) is 16.7 Å². The smallest absolute Gasteiger partial charge is 0.123 e. The van der Waals surface area contributed by atoms with Gasteiger partial charge in [-0.2, -0.15) is 5.26 Å². The molecule has 0 radical (unpaired) electrons. The van der Waals surface area contributed by atoms with E-state index in [1.165, 1.54) is 0 Å². The van der Waals surface area contributed by atoms with Crippen LogP contribution in [0.4, 0.5) is 5.82 Å². The van der Waals surface area contributed by atoms with Crippen molar-refractivity contribution in [2.45, 2.75) is 13.5 Å². The van der Waals surface area contributed by atoms with Crippen molar-refractivity contribution in [3.8, 4) is 23.1 Å². The monoisotopic (exact) mass is 292 g/mol. The Kier molecular flexibility index (Phi) is 3.43. The Hall–Kier alpha value is -3.00. The standard InChI is InChI=1S/C17H16N4O/c1-3-21-15-8-12(22-2)5-6-13(15)14(9-18)17(21)11-4-7-16(19)20-10-11/h4-8,10H,3H2,1-2H3,(H2,19,20). The number of hydrogen-bond acceptors (Lipinski definition) is 4. The minimum absolute atomic E-state index is 0.461. The predicted octanol–water partition coefficient (Wildman–Crippen LogP) is 3.19. The number of aromatic nitrogens is 2. The van der Waals surface area contributed by atoms with E-state index >= 15 is 0 Å². The van der Waals surface area contributed by atoms with E-state index in [0.717, 1.165) is 34.5 Å². The molecule has 0 unspecified atom stereocenters. The second-order valence-corrected chi connectivity index (χ2v) is 4.93. The number of nitrogen functional groups attached to an aromatic ring is 1. The second kappa shape index (κ2) is 5.41. The van der Waals surface area contributed by atoms with Gasteiger partial charge in [0.15, 0.2) is 0 Å². The van der Waals surface area contributed by atoms with Crippen molar-refractivity contribution in [2.75, 3.05) is 12.8 Å². The van der Waals surface area contributed by atoms with Crippen LogP contribution in [0.3, 0.4) is 0 Å². The fourth-order valence-electron chi connectivity index (χ4n) is 2.74. The van der Waals surface area contributed by atoms with Gasteiger partial charge in [-0.3, -0.25) is 0 Å². The Morgan fingerprint density at radius 2 is 2.14 bits per heavy atom. The molecule has 22 heavy (non-hydrogen) atoms. The molecule has 110 valence electrons. The normalized spacial score (nSPS) is 10.6. The van der Waals surface area contributed by atoms with Crippen LogP contribution in [-0.2, 0) is 6.54 Å². The number of benzene rings is 1. The Morgan fingerprint density at radius 1 is 1.32 bits per heavy atom. The lowest BCUT2D eigenvalue weighted by molar-refractivity contribution is 0.415. The van der Waals surface area contributed by atoms with Gasteiger partial charge in [0.1, 0.15) is 17.6 Å². The number of nitrogens with zero attached hydrogens (tertiary/aromatic N) is 3. The maximum Gasteiger partial charge on any atom is 0.123 e. The predicted molar refractivity (Wildman–Crippen MR) is 86.5 cm³/mol. The second-order valence-electron chi connectivity index (χ2n) is 4.93. The molecule has 0 aliphatic heterocycles. The lowest BCUT2D eigenvalue weighted by atomic mass is 10.1. The first-order chi connectivity index (χ1) is 10.7. The Balaban J connectivity index is 2.37. The fraction of sp³-hybridized carbons (Fsp3) is 0.176. The summed E-state index contributed by atoms with van der Waals surface area (Å²) in [5.74, 6) is 1.23. The van der Waals surface area contributed by atoms with Crippen LogP contribution in [0.1, 0.15) is 12.5 Å². The highest BCUT2D eigenvalue weighted by molar-refractivity contribution is 5.95. The Labute approximate surface area is 128 Å². The van der Waals surface area contributed by atoms with E-state index in [2.05, 4.69) is 15.6 Å². The number of pyridine rings is 1. The summed E-state index contributed by atoms with van der Waals surface area (Å²) in [6.07, 6.45) is 1.70. The molecule has 0 spiro atoms. The summed E-state index contributed by atoms with van der Waals surface area (Å²) in [5.41, 5.74) is 9.02. The molecule has 2 heterocycles. The number of hydrogen-bond donors (Lipinski definition) is 1. The molecule has 2 aromatic heterocycles. The average molecular weight is 292 g/mol. The number of aryl methyl sites for hydroxylation is 1. The first-order valence-corrected chi connectivity index (χ1v) is 7.01. The van der Waals surface area contributed by atoms with Crippen LogP contribution in [0.5, 0.6) is 5.75 Å². The SMILES string of the molecule is CCn1c(-c2ccc(N)nc2)c(C#N)c2ccc(OC)cc21. The topological polar surface area (TPSA) is 76.9 Å². The van der Waals surface area contributed by atoms with Crippen LogP contribution in [0.15, 0.2) is 36.5 Å². The zero-order valence-corrected chi connectivity index (χ0v) is 12.5. The molecule has 0 bridgehead atoms. The number of anilines is 1. The van der Waals surface area contributed by atoms with Gasteiger partial charge in [0.25, 0.3) is 0 Å². The molecular weight excluding hydrogens is 276 g/mol.